The molecule has 4 rings (SSSR count). The van der Waals surface area contributed by atoms with Crippen LogP contribution in [0.2, 0.25) is 0 Å². The van der Waals surface area contributed by atoms with Gasteiger partial charge in [0.15, 0.2) is 0 Å². The highest BCUT2D eigenvalue weighted by Gasteiger charge is 2.34. The summed E-state index contributed by atoms with van der Waals surface area (Å²) in [6, 6.07) is 20.1. The number of thiophene rings is 1. The Morgan fingerprint density at radius 1 is 1.03 bits per heavy atom. The van der Waals surface area contributed by atoms with Crippen LogP contribution in [0, 0.1) is 0 Å². The van der Waals surface area contributed by atoms with Gasteiger partial charge < -0.3 is 9.80 Å². The van der Waals surface area contributed by atoms with E-state index < -0.39 is 0 Å². The van der Waals surface area contributed by atoms with Gasteiger partial charge in [0.05, 0.1) is 6.04 Å². The largest absolute Gasteiger partial charge is 0.330 e. The van der Waals surface area contributed by atoms with Crippen LogP contribution in [0.25, 0.3) is 0 Å². The molecule has 2 heterocycles. The molecule has 1 atom stereocenters. The predicted octanol–water partition coefficient (Wildman–Crippen LogP) is 6.46. The Hall–Kier alpha value is -2.92. The first-order valence-corrected chi connectivity index (χ1v) is 13.5. The standard InChI is InChI=1S/C30H36N2O2S/c1-5-6-18-31(29(34)23-12-14-24(15-13-23)30(2,3)4)21-27(33)32-19-16-26-25(17-20-35-26)28(32)22-10-8-7-9-11-22/h7-15,17,20,28H,5-6,16,18-19,21H2,1-4H3. The molecule has 2 amide bonds. The average Bonchev–Trinajstić information content (AvgIpc) is 3.34. The van der Waals surface area contributed by atoms with E-state index in [9.17, 15) is 9.59 Å². The van der Waals surface area contributed by atoms with Gasteiger partial charge in [0, 0.05) is 23.5 Å². The topological polar surface area (TPSA) is 40.6 Å². The quantitative estimate of drug-likeness (QED) is 0.383. The molecule has 0 spiro atoms. The second kappa shape index (κ2) is 10.8. The molecule has 0 radical (unpaired) electrons. The Morgan fingerprint density at radius 3 is 2.40 bits per heavy atom. The number of rotatable bonds is 7. The van der Waals surface area contributed by atoms with Crippen LogP contribution in [-0.2, 0) is 16.6 Å². The summed E-state index contributed by atoms with van der Waals surface area (Å²) in [4.78, 5) is 32.3. The first kappa shape index (κ1) is 25.2. The van der Waals surface area contributed by atoms with E-state index in [0.29, 0.717) is 18.7 Å². The number of fused-ring (bicyclic) bond motifs is 1. The second-order valence-electron chi connectivity index (χ2n) is 10.4. The van der Waals surface area contributed by atoms with Crippen molar-refractivity contribution in [1.82, 2.24) is 9.80 Å². The average molecular weight is 489 g/mol. The van der Waals surface area contributed by atoms with Crippen molar-refractivity contribution in [3.05, 3.63) is 93.2 Å². The van der Waals surface area contributed by atoms with Crippen LogP contribution in [0.1, 0.15) is 78.5 Å². The third kappa shape index (κ3) is 5.67. The third-order valence-electron chi connectivity index (χ3n) is 6.79. The maximum atomic E-state index is 13.7. The van der Waals surface area contributed by atoms with Crippen molar-refractivity contribution < 1.29 is 9.59 Å². The van der Waals surface area contributed by atoms with E-state index in [1.807, 2.05) is 47.4 Å². The zero-order valence-corrected chi connectivity index (χ0v) is 22.1. The number of hydrogen-bond acceptors (Lipinski definition) is 3. The van der Waals surface area contributed by atoms with E-state index in [4.69, 9.17) is 0 Å². The van der Waals surface area contributed by atoms with Gasteiger partial charge in [0.2, 0.25) is 5.91 Å². The van der Waals surface area contributed by atoms with Gasteiger partial charge >= 0.3 is 0 Å². The molecule has 0 saturated carbocycles. The number of amides is 2. The van der Waals surface area contributed by atoms with Crippen molar-refractivity contribution in [2.45, 2.75) is 58.4 Å². The molecule has 4 nitrogen and oxygen atoms in total. The van der Waals surface area contributed by atoms with Crippen molar-refractivity contribution in [3.8, 4) is 0 Å². The molecule has 35 heavy (non-hydrogen) atoms. The van der Waals surface area contributed by atoms with Crippen molar-refractivity contribution in [1.29, 1.82) is 0 Å². The molecule has 1 aliphatic rings. The van der Waals surface area contributed by atoms with Gasteiger partial charge in [-0.1, -0.05) is 76.6 Å². The molecule has 0 N–H and O–H groups in total. The van der Waals surface area contributed by atoms with Crippen molar-refractivity contribution in [3.63, 3.8) is 0 Å². The van der Waals surface area contributed by atoms with Crippen LogP contribution < -0.4 is 0 Å². The summed E-state index contributed by atoms with van der Waals surface area (Å²) < 4.78 is 0. The number of nitrogens with zero attached hydrogens (tertiary/aromatic N) is 2. The van der Waals surface area contributed by atoms with Crippen LogP contribution in [0.3, 0.4) is 0 Å². The zero-order valence-electron chi connectivity index (χ0n) is 21.3. The fourth-order valence-electron chi connectivity index (χ4n) is 4.73. The fourth-order valence-corrected chi connectivity index (χ4v) is 5.63. The predicted molar refractivity (Wildman–Crippen MR) is 144 cm³/mol. The lowest BCUT2D eigenvalue weighted by Crippen LogP contribution is -2.47. The minimum atomic E-state index is -0.104. The van der Waals surface area contributed by atoms with Crippen LogP contribution >= 0.6 is 11.3 Å². The molecule has 0 fully saturated rings. The van der Waals surface area contributed by atoms with E-state index in [1.165, 1.54) is 16.0 Å². The van der Waals surface area contributed by atoms with Crippen molar-refractivity contribution >= 4 is 23.2 Å². The highest BCUT2D eigenvalue weighted by atomic mass is 32.1. The molecule has 0 saturated heterocycles. The lowest BCUT2D eigenvalue weighted by molar-refractivity contribution is -0.134. The minimum absolute atomic E-state index is 0.00599. The van der Waals surface area contributed by atoms with Gasteiger partial charge in [-0.2, -0.15) is 0 Å². The molecule has 1 aromatic heterocycles. The Balaban J connectivity index is 1.57. The molecular weight excluding hydrogens is 452 g/mol. The smallest absolute Gasteiger partial charge is 0.254 e. The van der Waals surface area contributed by atoms with Gasteiger partial charge in [0.1, 0.15) is 6.54 Å². The number of unbranched alkanes of at least 4 members (excludes halogenated alkanes) is 1. The van der Waals surface area contributed by atoms with Gasteiger partial charge in [-0.3, -0.25) is 9.59 Å². The minimum Gasteiger partial charge on any atom is -0.330 e. The molecule has 3 aromatic rings. The Kier molecular flexibility index (Phi) is 7.75. The first-order chi connectivity index (χ1) is 16.8. The zero-order chi connectivity index (χ0) is 25.0. The molecule has 5 heteroatoms. The first-order valence-electron chi connectivity index (χ1n) is 12.6. The second-order valence-corrected chi connectivity index (χ2v) is 11.4. The molecule has 1 aliphatic heterocycles. The van der Waals surface area contributed by atoms with Crippen molar-refractivity contribution in [2.24, 2.45) is 0 Å². The SMILES string of the molecule is CCCCN(CC(=O)N1CCc2sccc2C1c1ccccc1)C(=O)c1ccc(C(C)(C)C)cc1. The van der Waals surface area contributed by atoms with Gasteiger partial charge in [-0.05, 0) is 58.5 Å². The summed E-state index contributed by atoms with van der Waals surface area (Å²) >= 11 is 1.76. The van der Waals surface area contributed by atoms with Crippen LogP contribution in [-0.4, -0.2) is 41.2 Å². The Morgan fingerprint density at radius 2 is 1.74 bits per heavy atom. The van der Waals surface area contributed by atoms with Crippen LogP contribution in [0.5, 0.6) is 0 Å². The molecule has 0 bridgehead atoms. The molecular formula is C30H36N2O2S. The van der Waals surface area contributed by atoms with Gasteiger partial charge in [0.25, 0.3) is 5.91 Å². The summed E-state index contributed by atoms with van der Waals surface area (Å²) in [5.74, 6) is -0.0665. The summed E-state index contributed by atoms with van der Waals surface area (Å²) in [6.45, 7) is 9.95. The van der Waals surface area contributed by atoms with E-state index >= 15 is 0 Å². The molecule has 184 valence electrons. The van der Waals surface area contributed by atoms with E-state index in [0.717, 1.165) is 24.8 Å². The van der Waals surface area contributed by atoms with Gasteiger partial charge in [-0.25, -0.2) is 0 Å². The Bertz CT molecular complexity index is 1150. The van der Waals surface area contributed by atoms with E-state index in [-0.39, 0.29) is 29.8 Å². The summed E-state index contributed by atoms with van der Waals surface area (Å²) in [5, 5.41) is 2.12. The Labute approximate surface area is 213 Å². The highest BCUT2D eigenvalue weighted by molar-refractivity contribution is 7.10. The molecule has 2 aromatic carbocycles. The molecule has 0 aliphatic carbocycles. The summed E-state index contributed by atoms with van der Waals surface area (Å²) in [5.41, 5.74) is 4.19. The lowest BCUT2D eigenvalue weighted by atomic mass is 9.86. The maximum absolute atomic E-state index is 13.7. The van der Waals surface area contributed by atoms with Crippen molar-refractivity contribution in [2.75, 3.05) is 19.6 Å². The fraction of sp³-hybridized carbons (Fsp3) is 0.400. The molecule has 1 unspecified atom stereocenters. The number of benzene rings is 2. The number of carbonyl (C=O) groups is 2. The number of carbonyl (C=O) groups excluding carboxylic acids is 2. The van der Waals surface area contributed by atoms with Crippen LogP contribution in [0.15, 0.2) is 66.0 Å². The normalized spacial score (nSPS) is 15.5. The lowest BCUT2D eigenvalue weighted by Gasteiger charge is -2.37. The monoisotopic (exact) mass is 488 g/mol. The van der Waals surface area contributed by atoms with E-state index in [1.54, 1.807) is 16.2 Å². The highest BCUT2D eigenvalue weighted by Crippen LogP contribution is 2.37. The third-order valence-corrected chi connectivity index (χ3v) is 7.79. The van der Waals surface area contributed by atoms with Gasteiger partial charge in [-0.15, -0.1) is 11.3 Å². The van der Waals surface area contributed by atoms with E-state index in [2.05, 4.69) is 51.3 Å². The summed E-state index contributed by atoms with van der Waals surface area (Å²) in [7, 11) is 0. The summed E-state index contributed by atoms with van der Waals surface area (Å²) in [6.07, 6.45) is 2.70. The van der Waals surface area contributed by atoms with Crippen LogP contribution in [0.4, 0.5) is 0 Å². The maximum Gasteiger partial charge on any atom is 0.254 e. The number of hydrogen-bond donors (Lipinski definition) is 0.